The highest BCUT2D eigenvalue weighted by Gasteiger charge is 2.32. The molecule has 8 heteroatoms. The lowest BCUT2D eigenvalue weighted by Crippen LogP contribution is -2.32. The van der Waals surface area contributed by atoms with Crippen molar-refractivity contribution >= 4 is 17.7 Å². The molecule has 0 aliphatic carbocycles. The molecule has 8 nitrogen and oxygen atoms in total. The number of non-ortho nitro benzene ring substituents is 1. The molecule has 1 atom stereocenters. The van der Waals surface area contributed by atoms with E-state index in [0.717, 1.165) is 22.4 Å². The minimum absolute atomic E-state index is 0.0499. The third-order valence-corrected chi connectivity index (χ3v) is 5.02. The number of anilines is 1. The molecule has 0 saturated heterocycles. The highest BCUT2D eigenvalue weighted by molar-refractivity contribution is 5.72. The summed E-state index contributed by atoms with van der Waals surface area (Å²) in [5, 5.41) is 11.1. The van der Waals surface area contributed by atoms with Gasteiger partial charge in [0.15, 0.2) is 11.5 Å². The zero-order chi connectivity index (χ0) is 20.5. The number of benzene rings is 2. The molecule has 1 aliphatic heterocycles. The first kappa shape index (κ1) is 18.5. The summed E-state index contributed by atoms with van der Waals surface area (Å²) < 4.78 is 11.0. The van der Waals surface area contributed by atoms with Crippen LogP contribution in [0.15, 0.2) is 54.5 Å². The third kappa shape index (κ3) is 3.18. The Labute approximate surface area is 167 Å². The second-order valence-electron chi connectivity index (χ2n) is 6.66. The molecule has 0 saturated carbocycles. The van der Waals surface area contributed by atoms with E-state index in [2.05, 4.69) is 20.9 Å². The quantitative estimate of drug-likeness (QED) is 0.514. The monoisotopic (exact) mass is 392 g/mol. The largest absolute Gasteiger partial charge is 0.493 e. The lowest BCUT2D eigenvalue weighted by Gasteiger charge is -2.37. The molecule has 1 aromatic heterocycles. The number of hydrogen-bond acceptors (Lipinski definition) is 6. The number of methoxy groups -OCH3 is 2. The summed E-state index contributed by atoms with van der Waals surface area (Å²) in [4.78, 5) is 20.3. The number of nitrogens with zero attached hydrogens (tertiary/aromatic N) is 3. The fourth-order valence-electron chi connectivity index (χ4n) is 3.69. The molecule has 2 aromatic carbocycles. The van der Waals surface area contributed by atoms with Gasteiger partial charge in [0.25, 0.3) is 5.69 Å². The van der Waals surface area contributed by atoms with E-state index in [9.17, 15) is 10.1 Å². The lowest BCUT2D eigenvalue weighted by atomic mass is 9.89. The molecule has 0 spiro atoms. The van der Waals surface area contributed by atoms with E-state index >= 15 is 0 Å². The Kier molecular flexibility index (Phi) is 4.67. The Bertz CT molecular complexity index is 1070. The Morgan fingerprint density at radius 1 is 1.14 bits per heavy atom. The molecular weight excluding hydrogens is 372 g/mol. The first-order chi connectivity index (χ1) is 14.0. The van der Waals surface area contributed by atoms with Crippen LogP contribution in [0.4, 0.5) is 11.6 Å². The van der Waals surface area contributed by atoms with Gasteiger partial charge in [-0.2, -0.15) is 0 Å². The van der Waals surface area contributed by atoms with E-state index in [0.29, 0.717) is 17.4 Å². The summed E-state index contributed by atoms with van der Waals surface area (Å²) in [5.41, 5.74) is 3.90. The normalized spacial score (nSPS) is 15.5. The summed E-state index contributed by atoms with van der Waals surface area (Å²) in [5.74, 6) is 1.94. The van der Waals surface area contributed by atoms with E-state index in [1.54, 1.807) is 38.7 Å². The minimum Gasteiger partial charge on any atom is -0.493 e. The summed E-state index contributed by atoms with van der Waals surface area (Å²) >= 11 is 0. The van der Waals surface area contributed by atoms with E-state index < -0.39 is 4.92 Å². The lowest BCUT2D eigenvalue weighted by molar-refractivity contribution is -0.384. The Morgan fingerprint density at radius 2 is 1.83 bits per heavy atom. The Balaban J connectivity index is 1.93. The van der Waals surface area contributed by atoms with Crippen LogP contribution in [0, 0.1) is 10.1 Å². The van der Waals surface area contributed by atoms with Crippen molar-refractivity contribution in [2.24, 2.45) is 0 Å². The maximum absolute atomic E-state index is 11.1. The standard InChI is InChI=1S/C21H20N4O4/c1-13-10-15-11-18(28-2)19(29-3)12-17(15)20(24(13)21-22-8-9-23-21)14-4-6-16(7-5-14)25(26)27/h4-12,20H,1-3H3,(H,22,23). The SMILES string of the molecule is COc1cc2c(cc1OC)C(c1ccc([N+](=O)[O-])cc1)N(c1ncc[nH]1)C(C)=C2. The van der Waals surface area contributed by atoms with E-state index in [-0.39, 0.29) is 11.7 Å². The van der Waals surface area contributed by atoms with Gasteiger partial charge in [-0.25, -0.2) is 4.98 Å². The third-order valence-electron chi connectivity index (χ3n) is 5.02. The number of nitrogens with one attached hydrogen (secondary N) is 1. The number of allylic oxidation sites excluding steroid dienone is 1. The van der Waals surface area contributed by atoms with Crippen LogP contribution in [0.5, 0.6) is 11.5 Å². The topological polar surface area (TPSA) is 93.5 Å². The van der Waals surface area contributed by atoms with Crippen LogP contribution in [0.3, 0.4) is 0 Å². The molecule has 0 fully saturated rings. The van der Waals surface area contributed by atoms with Crippen LogP contribution in [0.25, 0.3) is 6.08 Å². The van der Waals surface area contributed by atoms with Crippen molar-refractivity contribution in [2.45, 2.75) is 13.0 Å². The van der Waals surface area contributed by atoms with Gasteiger partial charge in [-0.3, -0.25) is 10.1 Å². The van der Waals surface area contributed by atoms with Gasteiger partial charge in [0.1, 0.15) is 0 Å². The second-order valence-corrected chi connectivity index (χ2v) is 6.66. The summed E-state index contributed by atoms with van der Waals surface area (Å²) in [6.07, 6.45) is 5.51. The Hall–Kier alpha value is -3.81. The number of aromatic nitrogens is 2. The first-order valence-electron chi connectivity index (χ1n) is 9.00. The van der Waals surface area contributed by atoms with Crippen molar-refractivity contribution in [1.29, 1.82) is 0 Å². The average Bonchev–Trinajstić information content (AvgIpc) is 3.26. The number of nitro groups is 1. The zero-order valence-electron chi connectivity index (χ0n) is 16.2. The van der Waals surface area contributed by atoms with Crippen molar-refractivity contribution < 1.29 is 14.4 Å². The van der Waals surface area contributed by atoms with E-state index in [1.165, 1.54) is 12.1 Å². The van der Waals surface area contributed by atoms with Crippen molar-refractivity contribution in [2.75, 3.05) is 19.1 Å². The van der Waals surface area contributed by atoms with Gasteiger partial charge < -0.3 is 19.4 Å². The van der Waals surface area contributed by atoms with Gasteiger partial charge in [0.2, 0.25) is 5.95 Å². The molecule has 0 amide bonds. The molecule has 29 heavy (non-hydrogen) atoms. The van der Waals surface area contributed by atoms with E-state index in [4.69, 9.17) is 9.47 Å². The van der Waals surface area contributed by atoms with Gasteiger partial charge in [-0.15, -0.1) is 0 Å². The second kappa shape index (κ2) is 7.31. The molecule has 1 aliphatic rings. The van der Waals surface area contributed by atoms with Gasteiger partial charge >= 0.3 is 0 Å². The van der Waals surface area contributed by atoms with Crippen LogP contribution in [-0.2, 0) is 0 Å². The van der Waals surface area contributed by atoms with Crippen LogP contribution in [0.1, 0.15) is 29.7 Å². The Morgan fingerprint density at radius 3 is 2.41 bits per heavy atom. The van der Waals surface area contributed by atoms with Crippen molar-refractivity contribution in [3.63, 3.8) is 0 Å². The van der Waals surface area contributed by atoms with Crippen molar-refractivity contribution in [1.82, 2.24) is 9.97 Å². The highest BCUT2D eigenvalue weighted by Crippen LogP contribution is 2.44. The van der Waals surface area contributed by atoms with E-state index in [1.807, 2.05) is 19.1 Å². The molecule has 1 unspecified atom stereocenters. The number of aromatic amines is 1. The number of ether oxygens (including phenoxy) is 2. The average molecular weight is 392 g/mol. The number of hydrogen-bond donors (Lipinski definition) is 1. The molecule has 0 bridgehead atoms. The smallest absolute Gasteiger partial charge is 0.269 e. The molecule has 148 valence electrons. The summed E-state index contributed by atoms with van der Waals surface area (Å²) in [6, 6.07) is 10.2. The first-order valence-corrected chi connectivity index (χ1v) is 9.00. The molecule has 2 heterocycles. The van der Waals surface area contributed by atoms with Crippen LogP contribution >= 0.6 is 0 Å². The van der Waals surface area contributed by atoms with Crippen molar-refractivity contribution in [3.05, 3.63) is 81.3 Å². The van der Waals surface area contributed by atoms with Gasteiger partial charge in [-0.05, 0) is 54.0 Å². The highest BCUT2D eigenvalue weighted by atomic mass is 16.6. The van der Waals surface area contributed by atoms with Crippen LogP contribution in [0.2, 0.25) is 0 Å². The van der Waals surface area contributed by atoms with Crippen LogP contribution < -0.4 is 14.4 Å². The summed E-state index contributed by atoms with van der Waals surface area (Å²) in [7, 11) is 3.20. The fraction of sp³-hybridized carbons (Fsp3) is 0.190. The number of fused-ring (bicyclic) bond motifs is 1. The van der Waals surface area contributed by atoms with Gasteiger partial charge in [0, 0.05) is 30.2 Å². The molecule has 3 aromatic rings. The molecule has 0 radical (unpaired) electrons. The predicted molar refractivity (Wildman–Crippen MR) is 109 cm³/mol. The van der Waals surface area contributed by atoms with Gasteiger partial charge in [0.05, 0.1) is 25.2 Å². The summed E-state index contributed by atoms with van der Waals surface area (Å²) in [6.45, 7) is 2.00. The molecular formula is C21H20N4O4. The molecule has 4 rings (SSSR count). The maximum Gasteiger partial charge on any atom is 0.269 e. The number of H-pyrrole nitrogens is 1. The van der Waals surface area contributed by atoms with Gasteiger partial charge in [-0.1, -0.05) is 0 Å². The number of nitro benzene ring substituents is 1. The molecule has 1 N–H and O–H groups in total. The maximum atomic E-state index is 11.1. The fourth-order valence-corrected chi connectivity index (χ4v) is 3.69. The predicted octanol–water partition coefficient (Wildman–Crippen LogP) is 4.31. The minimum atomic E-state index is -0.401. The van der Waals surface area contributed by atoms with Crippen molar-refractivity contribution in [3.8, 4) is 11.5 Å². The number of imidazole rings is 1. The number of rotatable bonds is 5. The zero-order valence-corrected chi connectivity index (χ0v) is 16.2. The van der Waals surface area contributed by atoms with Crippen LogP contribution in [-0.4, -0.2) is 29.1 Å².